The second kappa shape index (κ2) is 17.4. The maximum atomic E-state index is 9.81. The average Bonchev–Trinajstić information content (AvgIpc) is 3.25. The number of allylic oxidation sites excluding steroid dienone is 2. The molecule has 1 saturated carbocycles. The van der Waals surface area contributed by atoms with Gasteiger partial charge in [0.15, 0.2) is 11.3 Å². The largest absolute Gasteiger partial charge is 0.479 e. The van der Waals surface area contributed by atoms with Crippen LogP contribution in [0.4, 0.5) is 0 Å². The fourth-order valence-corrected chi connectivity index (χ4v) is 5.52. The maximum absolute atomic E-state index is 9.81. The molecule has 1 atom stereocenters. The topological polar surface area (TPSA) is 107 Å². The number of unbranched alkanes of at least 4 members (excludes halogenated alkanes) is 5. The van der Waals surface area contributed by atoms with Crippen molar-refractivity contribution < 1.29 is 4.74 Å². The number of nitrogens with zero attached hydrogens (tertiary/aromatic N) is 3. The highest BCUT2D eigenvalue weighted by Gasteiger charge is 2.47. The first-order valence-electron chi connectivity index (χ1n) is 14.8. The molecule has 0 radical (unpaired) electrons. The first-order chi connectivity index (χ1) is 18.6. The molecule has 1 heterocycles. The summed E-state index contributed by atoms with van der Waals surface area (Å²) in [5.41, 5.74) is 7.38. The Morgan fingerprint density at radius 1 is 0.842 bits per heavy atom. The summed E-state index contributed by atoms with van der Waals surface area (Å²) in [5.74, 6) is 0.159. The number of ether oxygens (including phenoxy) is 1. The van der Waals surface area contributed by atoms with Gasteiger partial charge in [-0.25, -0.2) is 0 Å². The molecule has 38 heavy (non-hydrogen) atoms. The van der Waals surface area contributed by atoms with Gasteiger partial charge in [0.05, 0.1) is 0 Å². The van der Waals surface area contributed by atoms with Crippen molar-refractivity contribution in [3.8, 4) is 18.2 Å². The summed E-state index contributed by atoms with van der Waals surface area (Å²) in [4.78, 5) is 0. The van der Waals surface area contributed by atoms with Gasteiger partial charge in [0.2, 0.25) is 0 Å². The van der Waals surface area contributed by atoms with Gasteiger partial charge >= 0.3 is 0 Å². The van der Waals surface area contributed by atoms with E-state index in [0.29, 0.717) is 11.6 Å². The van der Waals surface area contributed by atoms with Gasteiger partial charge in [0, 0.05) is 11.6 Å². The molecule has 2 aliphatic rings. The van der Waals surface area contributed by atoms with Gasteiger partial charge in [-0.2, -0.15) is 15.8 Å². The van der Waals surface area contributed by atoms with E-state index in [9.17, 15) is 15.8 Å². The maximum Gasteiger partial charge on any atom is 0.172 e. The molecule has 0 aromatic heterocycles. The number of benzene rings is 1. The minimum Gasteiger partial charge on any atom is -0.479 e. The van der Waals surface area contributed by atoms with Crippen molar-refractivity contribution in [3.05, 3.63) is 52.8 Å². The zero-order valence-corrected chi connectivity index (χ0v) is 23.6. The molecule has 204 valence electrons. The molecular formula is C33H46N4O. The van der Waals surface area contributed by atoms with E-state index in [0.717, 1.165) is 49.7 Å². The van der Waals surface area contributed by atoms with Crippen molar-refractivity contribution in [2.45, 2.75) is 128 Å². The number of nitriles is 3. The third kappa shape index (κ3) is 9.04. The van der Waals surface area contributed by atoms with Crippen LogP contribution in [0.25, 0.3) is 5.57 Å². The quantitative estimate of drug-likeness (QED) is 0.248. The molecule has 1 unspecified atom stereocenters. The lowest BCUT2D eigenvalue weighted by Crippen LogP contribution is -2.31. The molecule has 1 spiro atoms. The summed E-state index contributed by atoms with van der Waals surface area (Å²) in [6, 6.07) is 16.2. The lowest BCUT2D eigenvalue weighted by molar-refractivity contribution is 0.0488. The van der Waals surface area contributed by atoms with Crippen LogP contribution < -0.4 is 5.73 Å². The van der Waals surface area contributed by atoms with Crippen LogP contribution in [0.3, 0.4) is 0 Å². The Hall–Kier alpha value is -3.07. The molecule has 2 N–H and O–H groups in total. The molecule has 0 saturated heterocycles. The number of hydrogen-bond acceptors (Lipinski definition) is 5. The number of nitrogens with two attached hydrogens (primary N) is 1. The van der Waals surface area contributed by atoms with Gasteiger partial charge in [-0.15, -0.1) is 0 Å². The molecule has 3 rings (SSSR count). The summed E-state index contributed by atoms with van der Waals surface area (Å²) in [7, 11) is 0. The summed E-state index contributed by atoms with van der Waals surface area (Å²) in [5, 5.41) is 28.4. The summed E-state index contributed by atoms with van der Waals surface area (Å²) in [6.45, 7) is 4.49. The van der Waals surface area contributed by atoms with Crippen LogP contribution in [0.15, 0.2) is 47.2 Å². The summed E-state index contributed by atoms with van der Waals surface area (Å²) < 4.78 is 6.28. The van der Waals surface area contributed by atoms with Crippen molar-refractivity contribution >= 4 is 5.57 Å². The molecular weight excluding hydrogens is 468 g/mol. The van der Waals surface area contributed by atoms with E-state index in [-0.39, 0.29) is 11.3 Å². The zero-order chi connectivity index (χ0) is 27.6. The van der Waals surface area contributed by atoms with E-state index in [2.05, 4.69) is 19.9 Å². The molecule has 1 aromatic carbocycles. The minimum absolute atomic E-state index is 0.121. The predicted molar refractivity (Wildman–Crippen MR) is 154 cm³/mol. The number of hydrogen-bond donors (Lipinski definition) is 1. The summed E-state index contributed by atoms with van der Waals surface area (Å²) in [6.07, 6.45) is 19.0. The van der Waals surface area contributed by atoms with Crippen LogP contribution in [0.2, 0.25) is 0 Å². The van der Waals surface area contributed by atoms with Gasteiger partial charge in [-0.1, -0.05) is 108 Å². The smallest absolute Gasteiger partial charge is 0.172 e. The Balaban J connectivity index is 0.000000332. The molecule has 1 aliphatic heterocycles. The molecule has 5 heteroatoms. The van der Waals surface area contributed by atoms with Gasteiger partial charge in [-0.3, -0.25) is 0 Å². The van der Waals surface area contributed by atoms with Crippen molar-refractivity contribution in [1.29, 1.82) is 15.8 Å². The summed E-state index contributed by atoms with van der Waals surface area (Å²) >= 11 is 0. The Labute approximate surface area is 231 Å². The molecule has 0 bridgehead atoms. The third-order valence-corrected chi connectivity index (χ3v) is 7.62. The van der Waals surface area contributed by atoms with Gasteiger partial charge in [0.1, 0.15) is 29.4 Å². The fraction of sp³-hybridized carbons (Fsp3) is 0.606. The van der Waals surface area contributed by atoms with E-state index < -0.39 is 5.60 Å². The first-order valence-corrected chi connectivity index (χ1v) is 14.8. The Morgan fingerprint density at radius 3 is 1.95 bits per heavy atom. The van der Waals surface area contributed by atoms with Crippen LogP contribution in [-0.2, 0) is 4.74 Å². The normalized spacial score (nSPS) is 17.1. The van der Waals surface area contributed by atoms with Crippen LogP contribution in [0.1, 0.15) is 122 Å². The van der Waals surface area contributed by atoms with Crippen LogP contribution in [-0.4, -0.2) is 11.6 Å². The van der Waals surface area contributed by atoms with Crippen LogP contribution in [0.5, 0.6) is 0 Å². The number of rotatable bonds is 10. The zero-order valence-electron chi connectivity index (χ0n) is 23.6. The van der Waals surface area contributed by atoms with Crippen molar-refractivity contribution in [2.75, 3.05) is 0 Å². The lowest BCUT2D eigenvalue weighted by atomic mass is 9.78. The van der Waals surface area contributed by atoms with Crippen molar-refractivity contribution in [3.63, 3.8) is 0 Å². The molecule has 0 amide bonds. The Bertz CT molecular complexity index is 1010. The third-order valence-electron chi connectivity index (χ3n) is 7.62. The highest BCUT2D eigenvalue weighted by Crippen LogP contribution is 2.51. The van der Waals surface area contributed by atoms with E-state index in [1.165, 1.54) is 64.2 Å². The highest BCUT2D eigenvalue weighted by molar-refractivity contribution is 5.84. The van der Waals surface area contributed by atoms with Gasteiger partial charge in [0.25, 0.3) is 0 Å². The monoisotopic (exact) mass is 514 g/mol. The highest BCUT2D eigenvalue weighted by atomic mass is 16.5. The standard InChI is InChI=1S/C21H19N3O.C12H27N/c22-13-17(14-23)20-18(15-24)19(16-9-5-4-6-10-16)21(25-20)11-7-2-1-3-8-12-21;1-3-5-7-9-11-12(13)10-8-6-4-2/h4-6,9-10H,1-3,7-8,11-12H2;12H,3-11,13H2,1-2H3. The SMILES string of the molecule is CCCCCCC(N)CCCCC.N#CC(C#N)=C1OC2(CCCCCCC2)C(c2ccccc2)=C1C#N. The second-order valence-corrected chi connectivity index (χ2v) is 10.6. The predicted octanol–water partition coefficient (Wildman–Crippen LogP) is 8.64. The Morgan fingerprint density at radius 2 is 1.39 bits per heavy atom. The molecule has 1 aromatic rings. The average molecular weight is 515 g/mol. The lowest BCUT2D eigenvalue weighted by Gasteiger charge is -2.34. The van der Waals surface area contributed by atoms with Gasteiger partial charge < -0.3 is 10.5 Å². The second-order valence-electron chi connectivity index (χ2n) is 10.6. The van der Waals surface area contributed by atoms with Crippen molar-refractivity contribution in [1.82, 2.24) is 0 Å². The van der Waals surface area contributed by atoms with Crippen LogP contribution >= 0.6 is 0 Å². The van der Waals surface area contributed by atoms with E-state index in [1.54, 1.807) is 0 Å². The first kappa shape index (κ1) is 31.1. The van der Waals surface area contributed by atoms with E-state index in [1.807, 2.05) is 42.5 Å². The molecule has 1 aliphatic carbocycles. The van der Waals surface area contributed by atoms with E-state index >= 15 is 0 Å². The van der Waals surface area contributed by atoms with Gasteiger partial charge in [-0.05, 0) is 44.1 Å². The molecule has 1 fully saturated rings. The van der Waals surface area contributed by atoms with E-state index in [4.69, 9.17) is 10.5 Å². The molecule has 5 nitrogen and oxygen atoms in total. The van der Waals surface area contributed by atoms with Crippen LogP contribution in [0, 0.1) is 34.0 Å². The van der Waals surface area contributed by atoms with Crippen molar-refractivity contribution in [2.24, 2.45) is 5.73 Å². The minimum atomic E-state index is -0.610. The fourth-order valence-electron chi connectivity index (χ4n) is 5.52. The Kier molecular flexibility index (Phi) is 14.3.